The first-order valence-corrected chi connectivity index (χ1v) is 33.1. The van der Waals surface area contributed by atoms with E-state index >= 15 is 0 Å². The molecule has 4 aliphatic heterocycles. The van der Waals surface area contributed by atoms with Crippen molar-refractivity contribution >= 4 is 29.7 Å². The number of carboxylic acid groups (broad SMARTS) is 2. The van der Waals surface area contributed by atoms with Gasteiger partial charge < -0.3 is 146 Å². The molecule has 4 rings (SSSR count). The van der Waals surface area contributed by atoms with Gasteiger partial charge in [-0.25, -0.2) is 9.59 Å². The van der Waals surface area contributed by atoms with Crippen molar-refractivity contribution in [3.05, 3.63) is 0 Å². The predicted molar refractivity (Wildman–Crippen MR) is 326 cm³/mol. The van der Waals surface area contributed by atoms with Crippen LogP contribution >= 0.6 is 0 Å². The summed E-state index contributed by atoms with van der Waals surface area (Å²) in [5.74, 6) is -15.0. The summed E-state index contributed by atoms with van der Waals surface area (Å²) in [5, 5.41) is 197. The number of carbonyl (C=O) groups excluding carboxylic acids is 3. The summed E-state index contributed by atoms with van der Waals surface area (Å²) in [4.78, 5) is 64.7. The molecule has 0 radical (unpaired) electrons. The molecule has 0 aromatic carbocycles. The van der Waals surface area contributed by atoms with E-state index < -0.39 is 234 Å². The Morgan fingerprint density at radius 2 is 1.13 bits per heavy atom. The van der Waals surface area contributed by atoms with Crippen molar-refractivity contribution in [1.82, 2.24) is 21.3 Å². The molecule has 4 fully saturated rings. The number of aliphatic hydroxyl groups excluding tert-OH is 14. The van der Waals surface area contributed by atoms with E-state index in [1.165, 1.54) is 71.6 Å². The number of amides is 3. The lowest BCUT2D eigenvalue weighted by molar-refractivity contribution is -0.387. The van der Waals surface area contributed by atoms with Gasteiger partial charge in [0.25, 0.3) is 11.6 Å². The van der Waals surface area contributed by atoms with Gasteiger partial charge in [-0.2, -0.15) is 0 Å². The number of hydrogen-bond donors (Lipinski definition) is 21. The third-order valence-electron chi connectivity index (χ3n) is 18.3. The fourth-order valence-corrected chi connectivity index (χ4v) is 12.2. The average Bonchev–Trinajstić information content (AvgIpc) is 0.763. The molecule has 34 heteroatoms. The van der Waals surface area contributed by atoms with Gasteiger partial charge in [-0.1, -0.05) is 104 Å². The smallest absolute Gasteiger partial charge is 0.364 e. The minimum absolute atomic E-state index is 0.0391. The first kappa shape index (κ1) is 83.8. The third-order valence-corrected chi connectivity index (χ3v) is 18.3. The highest BCUT2D eigenvalue weighted by molar-refractivity contribution is 5.79. The van der Waals surface area contributed by atoms with Crippen LogP contribution in [0.15, 0.2) is 0 Å². The highest BCUT2D eigenvalue weighted by atomic mass is 16.8. The van der Waals surface area contributed by atoms with Crippen molar-refractivity contribution in [2.45, 2.75) is 289 Å². The Hall–Kier alpha value is -3.61. The number of rotatable bonds is 44. The molecule has 4 unspecified atom stereocenters. The number of ether oxygens (including phenoxy) is 8. The average molecular weight is 1380 g/mol. The number of aliphatic carboxylic acids is 2. The fourth-order valence-electron chi connectivity index (χ4n) is 12.2. The molecule has 3 amide bonds. The van der Waals surface area contributed by atoms with Gasteiger partial charge in [0.2, 0.25) is 17.7 Å². The van der Waals surface area contributed by atoms with Crippen molar-refractivity contribution in [2.75, 3.05) is 59.3 Å². The number of likely N-dealkylation sites (N-methyl/N-ethyl adjacent to an activating group) is 1. The summed E-state index contributed by atoms with van der Waals surface area (Å²) < 4.78 is 46.3. The molecular formula is C61H110N4O30. The van der Waals surface area contributed by atoms with Gasteiger partial charge in [0.05, 0.1) is 81.2 Å². The van der Waals surface area contributed by atoms with Crippen LogP contribution in [0.3, 0.4) is 0 Å². The summed E-state index contributed by atoms with van der Waals surface area (Å²) in [6.07, 6.45) is -21.1. The predicted octanol–water partition coefficient (Wildman–Crippen LogP) is -5.31. The van der Waals surface area contributed by atoms with Gasteiger partial charge in [-0.05, 0) is 26.8 Å². The zero-order valence-electron chi connectivity index (χ0n) is 55.0. The molecule has 4 aliphatic rings. The molecule has 4 heterocycles. The maximum absolute atomic E-state index is 13.5. The summed E-state index contributed by atoms with van der Waals surface area (Å²) in [5.41, 5.74) is -3.30. The van der Waals surface area contributed by atoms with Crippen LogP contribution in [0.25, 0.3) is 0 Å². The van der Waals surface area contributed by atoms with E-state index in [9.17, 15) is 111 Å². The molecule has 0 aromatic heterocycles. The maximum atomic E-state index is 13.5. The SMILES string of the molecule is CCCCCCCCCCCCCCCCCC(=O)N[C@@](C)(CO[C@@H]1O[C@H](CO)[C@@H](O[C@@H]2O[C@H](CO)[C@H](O)[C@H](O[C@]3(C(=O)O)C[C@H](O)[C@@H](NC(C)=O)[C@H](C(O)C(CO)CO[C@]4(C(=O)O)C[C@H](O)[C@@H](NC(=O)CO)[C@H](C(O)C(O)CO)O4)O3)[C@H]2O)[C@H](O)[C@H]1O)[C@](C)(O)CNCC. The van der Waals surface area contributed by atoms with Crippen LogP contribution in [0, 0.1) is 5.92 Å². The first-order valence-electron chi connectivity index (χ1n) is 33.1. The van der Waals surface area contributed by atoms with Crippen molar-refractivity contribution in [3.63, 3.8) is 0 Å². The standard InChI is InChI=1S/C61H110N4O30/c1-6-8-9-10-11-12-13-14-15-16-17-18-19-20-21-22-40(75)65-58(4,59(5,87)31-62-7-2)32-88-54-48(81)47(80)50(39(28-69)91-54)92-55-49(82)53(46(79)38(27-68)90-55)95-61(57(85)86)24-36(73)42(63-33(3)71)51(94-61)44(77)34(25-66)30-89-60(56(83)84)23-35(72)43(64-41(76)29-70)52(93-60)45(78)37(74)26-67/h34-39,42-55,62,66-70,72-74,77-82,87H,6-32H2,1-5H3,(H,63,71)(H,64,76)(H,65,75)(H,83,84)(H,85,86)/t34?,35-,36-,37?,38+,39+,42+,43+,44?,45?,46-,47+,48+,49+,50+,51+,52+,53-,54+,55-,58-,59+,60+,61-/m0/s1. The van der Waals surface area contributed by atoms with Gasteiger partial charge in [0.15, 0.2) is 12.6 Å². The Kier molecular flexibility index (Phi) is 35.3. The lowest BCUT2D eigenvalue weighted by Gasteiger charge is -2.51. The minimum atomic E-state index is -3.34. The van der Waals surface area contributed by atoms with E-state index in [-0.39, 0.29) is 13.0 Å². The maximum Gasteiger partial charge on any atom is 0.364 e. The topological polar surface area (TPSA) is 551 Å². The van der Waals surface area contributed by atoms with Crippen molar-refractivity contribution < 1.29 is 149 Å². The summed E-state index contributed by atoms with van der Waals surface area (Å²) in [6.45, 7) is 0.927. The zero-order chi connectivity index (χ0) is 71.0. The molecule has 95 heavy (non-hydrogen) atoms. The van der Waals surface area contributed by atoms with Crippen LogP contribution in [0.1, 0.15) is 150 Å². The Labute approximate surface area is 552 Å². The Balaban J connectivity index is 1.50. The van der Waals surface area contributed by atoms with E-state index in [0.717, 1.165) is 39.0 Å². The molecule has 0 aromatic rings. The fraction of sp³-hybridized carbons (Fsp3) is 0.918. The second-order valence-corrected chi connectivity index (χ2v) is 25.8. The molecule has 21 N–H and O–H groups in total. The lowest BCUT2D eigenvalue weighted by atomic mass is 9.82. The van der Waals surface area contributed by atoms with Gasteiger partial charge in [-0.15, -0.1) is 0 Å². The quantitative estimate of drug-likeness (QED) is 0.0253. The second-order valence-electron chi connectivity index (χ2n) is 25.8. The lowest BCUT2D eigenvalue weighted by Crippen LogP contribution is -2.71. The van der Waals surface area contributed by atoms with Crippen LogP contribution in [-0.2, 0) is 61.9 Å². The first-order chi connectivity index (χ1) is 44.9. The van der Waals surface area contributed by atoms with Crippen molar-refractivity contribution in [3.8, 4) is 0 Å². The van der Waals surface area contributed by atoms with Crippen molar-refractivity contribution in [1.29, 1.82) is 0 Å². The highest BCUT2D eigenvalue weighted by Crippen LogP contribution is 2.41. The molecular weight excluding hydrogens is 1270 g/mol. The summed E-state index contributed by atoms with van der Waals surface area (Å²) in [7, 11) is 0. The molecule has 4 saturated heterocycles. The minimum Gasteiger partial charge on any atom is -0.477 e. The number of carbonyl (C=O) groups is 5. The van der Waals surface area contributed by atoms with E-state index in [4.69, 9.17) is 37.9 Å². The van der Waals surface area contributed by atoms with E-state index in [0.29, 0.717) is 13.0 Å². The van der Waals surface area contributed by atoms with E-state index in [2.05, 4.69) is 28.2 Å². The molecule has 0 spiro atoms. The molecule has 0 aliphatic carbocycles. The second kappa shape index (κ2) is 40.0. The van der Waals surface area contributed by atoms with Crippen LogP contribution in [0.5, 0.6) is 0 Å². The van der Waals surface area contributed by atoms with E-state index in [1.54, 1.807) is 6.92 Å². The van der Waals surface area contributed by atoms with E-state index in [1.807, 2.05) is 0 Å². The van der Waals surface area contributed by atoms with Crippen LogP contribution < -0.4 is 21.3 Å². The van der Waals surface area contributed by atoms with Gasteiger partial charge >= 0.3 is 11.9 Å². The summed E-state index contributed by atoms with van der Waals surface area (Å²) in [6, 6.07) is -3.62. The molecule has 34 nitrogen and oxygen atoms in total. The zero-order valence-corrected chi connectivity index (χ0v) is 55.0. The van der Waals surface area contributed by atoms with Crippen LogP contribution in [0.2, 0.25) is 0 Å². The highest BCUT2D eigenvalue weighted by Gasteiger charge is 2.62. The number of aliphatic hydroxyl groups is 15. The van der Waals surface area contributed by atoms with Gasteiger partial charge in [0.1, 0.15) is 79.9 Å². The normalized spacial score (nSPS) is 33.8. The monoisotopic (exact) mass is 1380 g/mol. The van der Waals surface area contributed by atoms with Gasteiger partial charge in [0, 0.05) is 38.6 Å². The van der Waals surface area contributed by atoms with Crippen LogP contribution in [-0.4, -0.2) is 315 Å². The van der Waals surface area contributed by atoms with Crippen molar-refractivity contribution in [2.24, 2.45) is 5.92 Å². The van der Waals surface area contributed by atoms with Crippen LogP contribution in [0.4, 0.5) is 0 Å². The Morgan fingerprint density at radius 1 is 0.611 bits per heavy atom. The third kappa shape index (κ3) is 23.0. The number of unbranched alkanes of at least 4 members (excludes halogenated alkanes) is 14. The summed E-state index contributed by atoms with van der Waals surface area (Å²) >= 11 is 0. The Bertz CT molecular complexity index is 2300. The molecule has 0 bridgehead atoms. The molecule has 0 saturated carbocycles. The number of hydrogen-bond acceptors (Lipinski definition) is 29. The molecule has 554 valence electrons. The Morgan fingerprint density at radius 3 is 1.63 bits per heavy atom. The molecule has 24 atom stereocenters. The largest absolute Gasteiger partial charge is 0.477 e. The van der Waals surface area contributed by atoms with Gasteiger partial charge in [-0.3, -0.25) is 14.4 Å². The number of nitrogens with one attached hydrogen (secondary N) is 4. The number of carboxylic acids is 2.